The quantitative estimate of drug-likeness (QED) is 0.0691. The van der Waals surface area contributed by atoms with E-state index in [1.165, 1.54) is 0 Å². The second-order valence-electron chi connectivity index (χ2n) is 12.9. The molecule has 8 nitrogen and oxygen atoms in total. The second kappa shape index (κ2) is 20.5. The van der Waals surface area contributed by atoms with Gasteiger partial charge in [-0.3, -0.25) is 9.00 Å². The van der Waals surface area contributed by atoms with E-state index in [1.54, 1.807) is 30.7 Å². The predicted molar refractivity (Wildman–Crippen MR) is 207 cm³/mol. The fourth-order valence-electron chi connectivity index (χ4n) is 5.65. The maximum absolute atomic E-state index is 13.1. The molecule has 0 radical (unpaired) electrons. The van der Waals surface area contributed by atoms with E-state index in [4.69, 9.17) is 9.47 Å². The molecule has 3 aromatic carbocycles. The zero-order valence-electron chi connectivity index (χ0n) is 30.4. The molecule has 0 bridgehead atoms. The molecule has 1 heterocycles. The summed E-state index contributed by atoms with van der Waals surface area (Å²) in [5, 5.41) is 2.96. The number of anilines is 2. The maximum Gasteiger partial charge on any atom is 0.248 e. The first kappa shape index (κ1) is 38.6. The molecule has 1 atom stereocenters. The molecule has 4 aromatic rings. The number of benzene rings is 3. The highest BCUT2D eigenvalue weighted by Gasteiger charge is 2.14. The minimum Gasteiger partial charge on any atom is -0.491 e. The highest BCUT2D eigenvalue weighted by Crippen LogP contribution is 2.31. The normalized spacial score (nSPS) is 12.0. The van der Waals surface area contributed by atoms with Gasteiger partial charge in [0.2, 0.25) is 5.91 Å². The van der Waals surface area contributed by atoms with Crippen LogP contribution in [0.4, 0.5) is 11.4 Å². The van der Waals surface area contributed by atoms with Crippen molar-refractivity contribution in [2.24, 2.45) is 5.92 Å². The Morgan fingerprint density at radius 2 is 1.70 bits per heavy atom. The van der Waals surface area contributed by atoms with Crippen molar-refractivity contribution in [1.29, 1.82) is 0 Å². The number of unbranched alkanes of at least 4 members (excludes halogenated alkanes) is 1. The molecule has 268 valence electrons. The fourth-order valence-corrected chi connectivity index (χ4v) is 6.77. The monoisotopic (exact) mass is 698 g/mol. The Hall–Kier alpha value is -4.21. The van der Waals surface area contributed by atoms with Crippen molar-refractivity contribution >= 4 is 34.2 Å². The standard InChI is InChI=1S/C41H54N4O4S/c1-6-9-24-48-25-26-49-38-16-10-33(11-17-38)34-12-20-40(44(22-7-2)29-32(4)5)35(27-34)13-21-41(46)43-36-14-18-39(19-15-36)50(47)30-37-28-42-31-45(37)23-8-3/h10-21,27-28,31-32H,6-9,22-26,29-30H2,1-5H3,(H,43,46)/t50-/m0/s1. The first-order valence-corrected chi connectivity index (χ1v) is 19.3. The van der Waals surface area contributed by atoms with E-state index in [0.29, 0.717) is 35.5 Å². The highest BCUT2D eigenvalue weighted by molar-refractivity contribution is 7.84. The van der Waals surface area contributed by atoms with Crippen molar-refractivity contribution in [3.8, 4) is 16.9 Å². The van der Waals surface area contributed by atoms with Crippen LogP contribution in [0.1, 0.15) is 71.6 Å². The number of amides is 1. The summed E-state index contributed by atoms with van der Waals surface area (Å²) in [4.78, 5) is 20.5. The third kappa shape index (κ3) is 12.0. The van der Waals surface area contributed by atoms with E-state index >= 15 is 0 Å². The lowest BCUT2D eigenvalue weighted by molar-refractivity contribution is -0.111. The van der Waals surface area contributed by atoms with Crippen LogP contribution >= 0.6 is 0 Å². The van der Waals surface area contributed by atoms with Gasteiger partial charge in [-0.05, 0) is 96.5 Å². The van der Waals surface area contributed by atoms with Gasteiger partial charge in [0.05, 0.1) is 35.2 Å². The molecule has 0 aliphatic rings. The Kier molecular flexibility index (Phi) is 15.8. The second-order valence-corrected chi connectivity index (χ2v) is 14.3. The van der Waals surface area contributed by atoms with Crippen LogP contribution in [-0.2, 0) is 32.6 Å². The summed E-state index contributed by atoms with van der Waals surface area (Å²) in [5.74, 6) is 1.46. The fraction of sp³-hybridized carbons (Fsp3) is 0.415. The summed E-state index contributed by atoms with van der Waals surface area (Å²) in [6.07, 6.45) is 11.2. The van der Waals surface area contributed by atoms with Gasteiger partial charge < -0.3 is 24.3 Å². The lowest BCUT2D eigenvalue weighted by atomic mass is 10.00. The van der Waals surface area contributed by atoms with Crippen LogP contribution in [-0.4, -0.2) is 52.6 Å². The lowest BCUT2D eigenvalue weighted by Gasteiger charge is -2.28. The molecule has 50 heavy (non-hydrogen) atoms. The number of nitrogens with zero attached hydrogens (tertiary/aromatic N) is 3. The summed E-state index contributed by atoms with van der Waals surface area (Å²) >= 11 is 0. The maximum atomic E-state index is 13.1. The molecule has 4 rings (SSSR count). The molecule has 9 heteroatoms. The van der Waals surface area contributed by atoms with Crippen LogP contribution in [0.3, 0.4) is 0 Å². The molecule has 0 spiro atoms. The van der Waals surface area contributed by atoms with Crippen LogP contribution in [0.25, 0.3) is 17.2 Å². The first-order valence-electron chi connectivity index (χ1n) is 18.0. The van der Waals surface area contributed by atoms with Crippen LogP contribution in [0, 0.1) is 5.92 Å². The number of imidazole rings is 1. The molecule has 0 saturated heterocycles. The molecule has 0 aliphatic heterocycles. The van der Waals surface area contributed by atoms with Gasteiger partial charge in [-0.25, -0.2) is 4.98 Å². The van der Waals surface area contributed by atoms with Crippen molar-refractivity contribution in [2.75, 3.05) is 43.1 Å². The Balaban J connectivity index is 1.46. The number of nitrogens with one attached hydrogen (secondary N) is 1. The van der Waals surface area contributed by atoms with Gasteiger partial charge in [-0.15, -0.1) is 0 Å². The third-order valence-electron chi connectivity index (χ3n) is 8.11. The van der Waals surface area contributed by atoms with Crippen molar-refractivity contribution in [3.05, 3.63) is 96.6 Å². The lowest BCUT2D eigenvalue weighted by Crippen LogP contribution is -2.29. The molecule has 1 aromatic heterocycles. The van der Waals surface area contributed by atoms with Gasteiger partial charge in [0.15, 0.2) is 0 Å². The predicted octanol–water partition coefficient (Wildman–Crippen LogP) is 8.99. The third-order valence-corrected chi connectivity index (χ3v) is 9.47. The Morgan fingerprint density at radius 1 is 0.940 bits per heavy atom. The van der Waals surface area contributed by atoms with E-state index in [9.17, 15) is 9.00 Å². The van der Waals surface area contributed by atoms with Crippen LogP contribution in [0.2, 0.25) is 0 Å². The summed E-state index contributed by atoms with van der Waals surface area (Å²) in [5.41, 5.74) is 5.80. The first-order chi connectivity index (χ1) is 24.3. The number of aromatic nitrogens is 2. The molecule has 0 fully saturated rings. The number of ether oxygens (including phenoxy) is 2. The van der Waals surface area contributed by atoms with E-state index in [0.717, 1.165) is 85.7 Å². The van der Waals surface area contributed by atoms with Crippen molar-refractivity contribution in [3.63, 3.8) is 0 Å². The summed E-state index contributed by atoms with van der Waals surface area (Å²) in [6, 6.07) is 21.8. The minimum absolute atomic E-state index is 0.232. The van der Waals surface area contributed by atoms with E-state index < -0.39 is 10.8 Å². The number of carbonyl (C=O) groups excluding carboxylic acids is 1. The van der Waals surface area contributed by atoms with Crippen molar-refractivity contribution in [2.45, 2.75) is 77.5 Å². The molecule has 0 saturated carbocycles. The highest BCUT2D eigenvalue weighted by atomic mass is 32.2. The number of aryl methyl sites for hydroxylation is 1. The van der Waals surface area contributed by atoms with Crippen molar-refractivity contribution in [1.82, 2.24) is 9.55 Å². The molecular formula is C41H54N4O4S. The smallest absolute Gasteiger partial charge is 0.248 e. The molecule has 0 unspecified atom stereocenters. The average Bonchev–Trinajstić information content (AvgIpc) is 3.55. The SMILES string of the molecule is CCCCOCCOc1ccc(-c2ccc(N(CCC)CC(C)C)c(C=CC(=O)Nc3ccc([S@@](=O)Cc4cncn4CCC)cc3)c2)cc1. The van der Waals surface area contributed by atoms with Gasteiger partial charge in [-0.2, -0.15) is 0 Å². The number of rotatable bonds is 21. The average molecular weight is 699 g/mol. The zero-order chi connectivity index (χ0) is 35.7. The van der Waals surface area contributed by atoms with Gasteiger partial charge in [-0.1, -0.05) is 59.2 Å². The van der Waals surface area contributed by atoms with Gasteiger partial charge in [0.1, 0.15) is 12.4 Å². The number of hydrogen-bond acceptors (Lipinski definition) is 6. The molecule has 1 amide bonds. The summed E-state index contributed by atoms with van der Waals surface area (Å²) < 4.78 is 26.6. The van der Waals surface area contributed by atoms with E-state index in [1.807, 2.05) is 34.9 Å². The molecular weight excluding hydrogens is 645 g/mol. The van der Waals surface area contributed by atoms with Gasteiger partial charge >= 0.3 is 0 Å². The van der Waals surface area contributed by atoms with E-state index in [-0.39, 0.29) is 5.91 Å². The zero-order valence-corrected chi connectivity index (χ0v) is 31.2. The summed E-state index contributed by atoms with van der Waals surface area (Å²) in [7, 11) is -1.22. The van der Waals surface area contributed by atoms with Gasteiger partial charge in [0.25, 0.3) is 0 Å². The Labute approximate surface area is 301 Å². The largest absolute Gasteiger partial charge is 0.491 e. The molecule has 1 N–H and O–H groups in total. The van der Waals surface area contributed by atoms with E-state index in [2.05, 4.69) is 80.2 Å². The number of carbonyl (C=O) groups is 1. The van der Waals surface area contributed by atoms with Crippen LogP contribution in [0.5, 0.6) is 5.75 Å². The minimum atomic E-state index is -1.22. The number of hydrogen-bond donors (Lipinski definition) is 1. The Bertz CT molecular complexity index is 1660. The van der Waals surface area contributed by atoms with Crippen molar-refractivity contribution < 1.29 is 18.5 Å². The Morgan fingerprint density at radius 3 is 2.40 bits per heavy atom. The topological polar surface area (TPSA) is 85.7 Å². The van der Waals surface area contributed by atoms with Gasteiger partial charge in [0, 0.05) is 54.8 Å². The van der Waals surface area contributed by atoms with Crippen LogP contribution < -0.4 is 15.0 Å². The molecule has 0 aliphatic carbocycles. The van der Waals surface area contributed by atoms with Crippen LogP contribution in [0.15, 0.2) is 90.2 Å². The summed E-state index contributed by atoms with van der Waals surface area (Å²) in [6.45, 7) is 15.5.